The Morgan fingerprint density at radius 1 is 1.09 bits per heavy atom. The molecule has 22 heavy (non-hydrogen) atoms. The first-order chi connectivity index (χ1) is 10.7. The van der Waals surface area contributed by atoms with E-state index in [1.165, 1.54) is 0 Å². The molecular weight excluding hydrogens is 304 g/mol. The molecule has 132 valence electrons. The van der Waals surface area contributed by atoms with Crippen molar-refractivity contribution in [3.8, 4) is 0 Å². The Morgan fingerprint density at radius 2 is 1.77 bits per heavy atom. The van der Waals surface area contributed by atoms with E-state index < -0.39 is 10.9 Å². The lowest BCUT2D eigenvalue weighted by Gasteiger charge is -2.42. The summed E-state index contributed by atoms with van der Waals surface area (Å²) in [5, 5.41) is 0. The Morgan fingerprint density at radius 3 is 2.41 bits per heavy atom. The molecule has 6 nitrogen and oxygen atoms in total. The van der Waals surface area contributed by atoms with Crippen LogP contribution >= 0.6 is 10.9 Å². The molecule has 1 atom stereocenters. The van der Waals surface area contributed by atoms with Gasteiger partial charge in [0.25, 0.3) is 0 Å². The Hall–Kier alpha value is 0.110. The monoisotopic (exact) mass is 336 g/mol. The van der Waals surface area contributed by atoms with Gasteiger partial charge in [0.15, 0.2) is 0 Å². The van der Waals surface area contributed by atoms with Crippen LogP contribution in [0, 0.1) is 0 Å². The van der Waals surface area contributed by atoms with Crippen LogP contribution in [0.4, 0.5) is 0 Å². The number of likely N-dealkylation sites (N-methyl/N-ethyl adjacent to an activating group) is 1. The van der Waals surface area contributed by atoms with Gasteiger partial charge in [-0.2, -0.15) is 0 Å². The Balaban J connectivity index is 1.95. The number of nitrogens with zero attached hydrogens (tertiary/aromatic N) is 2. The highest BCUT2D eigenvalue weighted by Crippen LogP contribution is 2.53. The van der Waals surface area contributed by atoms with Crippen LogP contribution in [0.1, 0.15) is 20.3 Å². The molecular formula is C15H32N2O4S. The molecule has 0 radical (unpaired) electrons. The minimum absolute atomic E-state index is 0.0248. The van der Waals surface area contributed by atoms with Gasteiger partial charge in [-0.15, -0.1) is 0 Å². The average Bonchev–Trinajstić information content (AvgIpc) is 2.47. The Kier molecular flexibility index (Phi) is 7.90. The highest BCUT2D eigenvalue weighted by Gasteiger charge is 2.33. The summed E-state index contributed by atoms with van der Waals surface area (Å²) in [6.07, 6.45) is 0.952. The lowest BCUT2D eigenvalue weighted by molar-refractivity contribution is 0.00445. The van der Waals surface area contributed by atoms with Crippen LogP contribution in [0.3, 0.4) is 0 Å². The maximum Gasteiger partial charge on any atom is 0.111 e. The third-order valence-corrected chi connectivity index (χ3v) is 6.47. The van der Waals surface area contributed by atoms with Gasteiger partial charge >= 0.3 is 0 Å². The van der Waals surface area contributed by atoms with E-state index in [9.17, 15) is 0 Å². The van der Waals surface area contributed by atoms with Crippen molar-refractivity contribution < 1.29 is 17.3 Å². The van der Waals surface area contributed by atoms with Crippen LogP contribution in [-0.4, -0.2) is 87.9 Å². The normalized spacial score (nSPS) is 29.7. The second-order valence-electron chi connectivity index (χ2n) is 5.83. The summed E-state index contributed by atoms with van der Waals surface area (Å²) in [5.74, 6) is 0.800. The number of hydrogen-bond donors (Lipinski definition) is 0. The van der Waals surface area contributed by atoms with Gasteiger partial charge in [0.05, 0.1) is 30.7 Å². The van der Waals surface area contributed by atoms with Crippen LogP contribution in [-0.2, 0) is 17.3 Å². The fourth-order valence-corrected chi connectivity index (χ4v) is 5.04. The van der Waals surface area contributed by atoms with Crippen molar-refractivity contribution >= 4 is 10.9 Å². The van der Waals surface area contributed by atoms with Crippen molar-refractivity contribution in [1.82, 2.24) is 9.80 Å². The van der Waals surface area contributed by atoms with E-state index in [4.69, 9.17) is 17.3 Å². The number of ether oxygens (including phenoxy) is 1. The lowest BCUT2D eigenvalue weighted by atomic mass is 10.3. The van der Waals surface area contributed by atoms with Crippen LogP contribution < -0.4 is 0 Å². The van der Waals surface area contributed by atoms with E-state index in [0.29, 0.717) is 19.8 Å². The molecule has 1 unspecified atom stereocenters. The molecule has 2 heterocycles. The highest BCUT2D eigenvalue weighted by atomic mass is 32.3. The SMILES string of the molecule is CCOS1(OCC)CCCOCC(CN2CCN(C)CC2)O1. The van der Waals surface area contributed by atoms with Gasteiger partial charge in [-0.05, 0) is 27.3 Å². The van der Waals surface area contributed by atoms with Gasteiger partial charge < -0.3 is 9.64 Å². The smallest absolute Gasteiger partial charge is 0.111 e. The first-order valence-corrected chi connectivity index (χ1v) is 10.0. The van der Waals surface area contributed by atoms with E-state index >= 15 is 0 Å². The Bertz CT molecular complexity index is 308. The molecule has 0 aromatic rings. The van der Waals surface area contributed by atoms with E-state index in [1.807, 2.05) is 13.8 Å². The van der Waals surface area contributed by atoms with Gasteiger partial charge in [-0.1, -0.05) is 0 Å². The minimum Gasteiger partial charge on any atom is -0.379 e. The van der Waals surface area contributed by atoms with Crippen molar-refractivity contribution in [3.63, 3.8) is 0 Å². The fourth-order valence-electron chi connectivity index (χ4n) is 2.80. The standard InChI is InChI=1S/C15H32N2O4S/c1-4-19-22(20-5-2)12-6-11-18-14-15(21-22)13-17-9-7-16(3)8-10-17/h15H,4-14H2,1-3H3. The molecule has 0 N–H and O–H groups in total. The van der Waals surface area contributed by atoms with E-state index in [0.717, 1.165) is 51.5 Å². The molecule has 0 bridgehead atoms. The summed E-state index contributed by atoms with van der Waals surface area (Å²) in [4.78, 5) is 4.82. The molecule has 2 rings (SSSR count). The molecule has 0 aliphatic carbocycles. The molecule has 2 aliphatic heterocycles. The predicted octanol–water partition coefficient (Wildman–Crippen LogP) is 1.66. The van der Waals surface area contributed by atoms with Crippen LogP contribution in [0.5, 0.6) is 0 Å². The van der Waals surface area contributed by atoms with Gasteiger partial charge in [-0.25, -0.2) is 0 Å². The van der Waals surface area contributed by atoms with Gasteiger partial charge in [0, 0.05) is 45.1 Å². The van der Waals surface area contributed by atoms with Gasteiger partial charge in [0.1, 0.15) is 6.10 Å². The van der Waals surface area contributed by atoms with E-state index in [1.54, 1.807) is 0 Å². The molecule has 0 amide bonds. The van der Waals surface area contributed by atoms with Crippen LogP contribution in [0.2, 0.25) is 0 Å². The maximum absolute atomic E-state index is 6.35. The first-order valence-electron chi connectivity index (χ1n) is 8.44. The molecule has 2 saturated heterocycles. The van der Waals surface area contributed by atoms with Crippen molar-refractivity contribution in [2.45, 2.75) is 26.4 Å². The van der Waals surface area contributed by atoms with E-state index in [2.05, 4.69) is 16.8 Å². The second-order valence-corrected chi connectivity index (χ2v) is 8.01. The lowest BCUT2D eigenvalue weighted by Crippen LogP contribution is -2.48. The zero-order valence-electron chi connectivity index (χ0n) is 14.3. The molecule has 2 fully saturated rings. The predicted molar refractivity (Wildman–Crippen MR) is 90.0 cm³/mol. The number of hydrogen-bond acceptors (Lipinski definition) is 6. The van der Waals surface area contributed by atoms with Crippen molar-refractivity contribution in [3.05, 3.63) is 0 Å². The minimum atomic E-state index is -1.89. The fraction of sp³-hybridized carbons (Fsp3) is 1.00. The zero-order chi connectivity index (χ0) is 15.8. The molecule has 2 aliphatic rings. The van der Waals surface area contributed by atoms with Gasteiger partial charge in [0.2, 0.25) is 0 Å². The molecule has 0 aromatic heterocycles. The molecule has 0 saturated carbocycles. The van der Waals surface area contributed by atoms with Crippen molar-refractivity contribution in [2.24, 2.45) is 0 Å². The summed E-state index contributed by atoms with van der Waals surface area (Å²) < 4.78 is 24.0. The quantitative estimate of drug-likeness (QED) is 0.735. The third-order valence-electron chi connectivity index (χ3n) is 3.92. The highest BCUT2D eigenvalue weighted by molar-refractivity contribution is 8.21. The third kappa shape index (κ3) is 5.63. The topological polar surface area (TPSA) is 43.4 Å². The second kappa shape index (κ2) is 9.42. The summed E-state index contributed by atoms with van der Waals surface area (Å²) in [6.45, 7) is 11.9. The molecule has 0 spiro atoms. The van der Waals surface area contributed by atoms with Crippen molar-refractivity contribution in [1.29, 1.82) is 0 Å². The van der Waals surface area contributed by atoms with Gasteiger partial charge in [-0.3, -0.25) is 17.4 Å². The Labute approximate surface area is 136 Å². The van der Waals surface area contributed by atoms with Crippen molar-refractivity contribution in [2.75, 3.05) is 72.0 Å². The molecule has 7 heteroatoms. The number of piperazine rings is 1. The van der Waals surface area contributed by atoms with Crippen LogP contribution in [0.25, 0.3) is 0 Å². The summed E-state index contributed by atoms with van der Waals surface area (Å²) >= 11 is 0. The number of rotatable bonds is 6. The van der Waals surface area contributed by atoms with Crippen LogP contribution in [0.15, 0.2) is 0 Å². The maximum atomic E-state index is 6.35. The summed E-state index contributed by atoms with van der Waals surface area (Å²) in [5.41, 5.74) is 0. The molecule has 0 aromatic carbocycles. The first kappa shape index (κ1) is 18.4. The largest absolute Gasteiger partial charge is 0.379 e. The summed E-state index contributed by atoms with van der Waals surface area (Å²) in [7, 11) is 0.287. The zero-order valence-corrected chi connectivity index (χ0v) is 15.1. The average molecular weight is 336 g/mol. The summed E-state index contributed by atoms with van der Waals surface area (Å²) in [6, 6.07) is 0. The van der Waals surface area contributed by atoms with E-state index in [-0.39, 0.29) is 6.10 Å².